The SMILES string of the molecule is CCCC1CCCCN1C(=O)c1cc(F)cnc1NC. The molecule has 1 fully saturated rings. The van der Waals surface area contributed by atoms with Crippen LogP contribution < -0.4 is 5.32 Å². The monoisotopic (exact) mass is 279 g/mol. The Kier molecular flexibility index (Phi) is 4.93. The van der Waals surface area contributed by atoms with Crippen LogP contribution in [-0.2, 0) is 0 Å². The van der Waals surface area contributed by atoms with E-state index in [9.17, 15) is 9.18 Å². The van der Waals surface area contributed by atoms with Gasteiger partial charge in [-0.25, -0.2) is 9.37 Å². The third-order valence-electron chi connectivity index (χ3n) is 3.83. The number of nitrogens with one attached hydrogen (secondary N) is 1. The number of hydrogen-bond donors (Lipinski definition) is 1. The van der Waals surface area contributed by atoms with Crippen LogP contribution >= 0.6 is 0 Å². The Labute approximate surface area is 119 Å². The van der Waals surface area contributed by atoms with Crippen molar-refractivity contribution in [3.8, 4) is 0 Å². The Morgan fingerprint density at radius 2 is 2.35 bits per heavy atom. The van der Waals surface area contributed by atoms with E-state index in [1.54, 1.807) is 7.05 Å². The second-order valence-corrected chi connectivity index (χ2v) is 5.24. The number of pyridine rings is 1. The molecular formula is C15H22FN3O. The van der Waals surface area contributed by atoms with Gasteiger partial charge in [0.2, 0.25) is 0 Å². The maximum Gasteiger partial charge on any atom is 0.257 e. The topological polar surface area (TPSA) is 45.2 Å². The zero-order chi connectivity index (χ0) is 14.5. The van der Waals surface area contributed by atoms with E-state index in [-0.39, 0.29) is 11.9 Å². The summed E-state index contributed by atoms with van der Waals surface area (Å²) in [4.78, 5) is 18.5. The van der Waals surface area contributed by atoms with Crippen LogP contribution in [0.1, 0.15) is 49.4 Å². The molecule has 2 rings (SSSR count). The van der Waals surface area contributed by atoms with Gasteiger partial charge in [0.05, 0.1) is 11.8 Å². The molecule has 1 saturated heterocycles. The molecule has 4 nitrogen and oxygen atoms in total. The number of amides is 1. The number of carbonyl (C=O) groups is 1. The number of nitrogens with zero attached hydrogens (tertiary/aromatic N) is 2. The molecule has 1 aliphatic heterocycles. The van der Waals surface area contributed by atoms with Crippen molar-refractivity contribution in [3.63, 3.8) is 0 Å². The number of likely N-dealkylation sites (tertiary alicyclic amines) is 1. The maximum absolute atomic E-state index is 13.4. The summed E-state index contributed by atoms with van der Waals surface area (Å²) in [7, 11) is 1.69. The molecule has 110 valence electrons. The molecular weight excluding hydrogens is 257 g/mol. The zero-order valence-electron chi connectivity index (χ0n) is 12.2. The molecule has 0 saturated carbocycles. The van der Waals surface area contributed by atoms with E-state index in [0.717, 1.165) is 44.8 Å². The number of aromatic nitrogens is 1. The molecule has 0 spiro atoms. The van der Waals surface area contributed by atoms with Crippen molar-refractivity contribution >= 4 is 11.7 Å². The first-order valence-electron chi connectivity index (χ1n) is 7.31. The lowest BCUT2D eigenvalue weighted by Gasteiger charge is -2.36. The van der Waals surface area contributed by atoms with Gasteiger partial charge in [-0.15, -0.1) is 0 Å². The van der Waals surface area contributed by atoms with Crippen molar-refractivity contribution in [2.45, 2.75) is 45.1 Å². The summed E-state index contributed by atoms with van der Waals surface area (Å²) in [6.07, 6.45) is 6.40. The number of rotatable bonds is 4. The fourth-order valence-electron chi connectivity index (χ4n) is 2.86. The van der Waals surface area contributed by atoms with Crippen LogP contribution in [0.2, 0.25) is 0 Å². The Balaban J connectivity index is 2.26. The van der Waals surface area contributed by atoms with Gasteiger partial charge >= 0.3 is 0 Å². The summed E-state index contributed by atoms with van der Waals surface area (Å²) in [6.45, 7) is 2.88. The molecule has 0 aliphatic carbocycles. The van der Waals surface area contributed by atoms with Crippen LogP contribution in [0.5, 0.6) is 0 Å². The summed E-state index contributed by atoms with van der Waals surface area (Å²) < 4.78 is 13.4. The quantitative estimate of drug-likeness (QED) is 0.921. The largest absolute Gasteiger partial charge is 0.372 e. The Morgan fingerprint density at radius 1 is 1.55 bits per heavy atom. The number of halogens is 1. The minimum Gasteiger partial charge on any atom is -0.372 e. The summed E-state index contributed by atoms with van der Waals surface area (Å²) in [5, 5.41) is 2.86. The van der Waals surface area contributed by atoms with Gasteiger partial charge in [-0.3, -0.25) is 4.79 Å². The second kappa shape index (κ2) is 6.68. The Hall–Kier alpha value is -1.65. The van der Waals surface area contributed by atoms with Gasteiger partial charge in [-0.1, -0.05) is 13.3 Å². The van der Waals surface area contributed by atoms with Crippen molar-refractivity contribution in [1.29, 1.82) is 0 Å². The molecule has 1 aromatic rings. The average molecular weight is 279 g/mol. The van der Waals surface area contributed by atoms with E-state index in [0.29, 0.717) is 11.4 Å². The van der Waals surface area contributed by atoms with Crippen LogP contribution in [-0.4, -0.2) is 35.4 Å². The fraction of sp³-hybridized carbons (Fsp3) is 0.600. The van der Waals surface area contributed by atoms with E-state index >= 15 is 0 Å². The predicted octanol–water partition coefficient (Wildman–Crippen LogP) is 3.06. The summed E-state index contributed by atoms with van der Waals surface area (Å²) in [5.41, 5.74) is 0.329. The standard InChI is InChI=1S/C15H22FN3O/c1-3-6-12-7-4-5-8-19(12)15(20)13-9-11(16)10-18-14(13)17-2/h9-10,12H,3-8H2,1-2H3,(H,17,18). The highest BCUT2D eigenvalue weighted by Gasteiger charge is 2.28. The number of piperidine rings is 1. The summed E-state index contributed by atoms with van der Waals surface area (Å²) >= 11 is 0. The van der Waals surface area contributed by atoms with Gasteiger partial charge in [0.1, 0.15) is 11.6 Å². The molecule has 2 heterocycles. The summed E-state index contributed by atoms with van der Waals surface area (Å²) in [6, 6.07) is 1.55. The van der Waals surface area contributed by atoms with Gasteiger partial charge in [0, 0.05) is 19.6 Å². The molecule has 0 bridgehead atoms. The fourth-order valence-corrected chi connectivity index (χ4v) is 2.86. The highest BCUT2D eigenvalue weighted by Crippen LogP contribution is 2.25. The van der Waals surface area contributed by atoms with Gasteiger partial charge in [0.25, 0.3) is 5.91 Å². The molecule has 1 unspecified atom stereocenters. The van der Waals surface area contributed by atoms with E-state index in [4.69, 9.17) is 0 Å². The van der Waals surface area contributed by atoms with Crippen LogP contribution in [0.25, 0.3) is 0 Å². The molecule has 1 aromatic heterocycles. The third kappa shape index (κ3) is 3.08. The minimum atomic E-state index is -0.476. The van der Waals surface area contributed by atoms with Crippen LogP contribution in [0.3, 0.4) is 0 Å². The smallest absolute Gasteiger partial charge is 0.257 e. The maximum atomic E-state index is 13.4. The van der Waals surface area contributed by atoms with E-state index < -0.39 is 5.82 Å². The molecule has 0 aromatic carbocycles. The summed E-state index contributed by atoms with van der Waals surface area (Å²) in [5.74, 6) is -0.145. The number of carbonyl (C=O) groups excluding carboxylic acids is 1. The molecule has 0 radical (unpaired) electrons. The third-order valence-corrected chi connectivity index (χ3v) is 3.83. The molecule has 1 N–H and O–H groups in total. The number of hydrogen-bond acceptors (Lipinski definition) is 3. The Bertz CT molecular complexity index is 476. The van der Waals surface area contributed by atoms with E-state index in [2.05, 4.69) is 17.2 Å². The van der Waals surface area contributed by atoms with Gasteiger partial charge < -0.3 is 10.2 Å². The van der Waals surface area contributed by atoms with Crippen LogP contribution in [0, 0.1) is 5.82 Å². The highest BCUT2D eigenvalue weighted by molar-refractivity contribution is 5.99. The molecule has 1 amide bonds. The number of anilines is 1. The van der Waals surface area contributed by atoms with E-state index in [1.165, 1.54) is 6.07 Å². The molecule has 5 heteroatoms. The van der Waals surface area contributed by atoms with Crippen molar-refractivity contribution in [2.24, 2.45) is 0 Å². The first-order chi connectivity index (χ1) is 9.67. The van der Waals surface area contributed by atoms with Crippen molar-refractivity contribution in [3.05, 3.63) is 23.6 Å². The van der Waals surface area contributed by atoms with E-state index in [1.807, 2.05) is 4.90 Å². The van der Waals surface area contributed by atoms with Gasteiger partial charge in [-0.2, -0.15) is 0 Å². The molecule has 20 heavy (non-hydrogen) atoms. The lowest BCUT2D eigenvalue weighted by molar-refractivity contribution is 0.0601. The van der Waals surface area contributed by atoms with Crippen LogP contribution in [0.15, 0.2) is 12.3 Å². The second-order valence-electron chi connectivity index (χ2n) is 5.24. The molecule has 1 aliphatic rings. The first kappa shape index (κ1) is 14.8. The normalized spacial score (nSPS) is 18.9. The molecule has 1 atom stereocenters. The Morgan fingerprint density at radius 3 is 3.05 bits per heavy atom. The van der Waals surface area contributed by atoms with Gasteiger partial charge in [-0.05, 0) is 31.7 Å². The van der Waals surface area contributed by atoms with Crippen molar-refractivity contribution in [1.82, 2.24) is 9.88 Å². The lowest BCUT2D eigenvalue weighted by Crippen LogP contribution is -2.44. The van der Waals surface area contributed by atoms with Crippen molar-refractivity contribution in [2.75, 3.05) is 18.9 Å². The van der Waals surface area contributed by atoms with Crippen molar-refractivity contribution < 1.29 is 9.18 Å². The minimum absolute atomic E-state index is 0.112. The lowest BCUT2D eigenvalue weighted by atomic mass is 9.97. The average Bonchev–Trinajstić information content (AvgIpc) is 2.47. The highest BCUT2D eigenvalue weighted by atomic mass is 19.1. The first-order valence-corrected chi connectivity index (χ1v) is 7.31. The zero-order valence-corrected chi connectivity index (χ0v) is 12.2. The van der Waals surface area contributed by atoms with Crippen LogP contribution in [0.4, 0.5) is 10.2 Å². The van der Waals surface area contributed by atoms with Gasteiger partial charge in [0.15, 0.2) is 0 Å². The predicted molar refractivity (Wildman–Crippen MR) is 77.3 cm³/mol.